The second-order valence-electron chi connectivity index (χ2n) is 4.71. The number of hydrogen-bond acceptors (Lipinski definition) is 5. The Morgan fingerprint density at radius 3 is 2.52 bits per heavy atom. The van der Waals surface area contributed by atoms with Gasteiger partial charge in [-0.3, -0.25) is 0 Å². The Bertz CT molecular complexity index is 697. The SMILES string of the molecule is CC(=NOCCOc1ccc(C(=O)O)c(O)c1)c1ccccc1. The Labute approximate surface area is 133 Å². The van der Waals surface area contributed by atoms with Crippen LogP contribution in [0.4, 0.5) is 0 Å². The summed E-state index contributed by atoms with van der Waals surface area (Å²) in [5.41, 5.74) is 1.56. The van der Waals surface area contributed by atoms with Crippen molar-refractivity contribution in [1.29, 1.82) is 0 Å². The number of nitrogens with zero attached hydrogens (tertiary/aromatic N) is 1. The molecule has 0 aliphatic heterocycles. The number of carbonyl (C=O) groups is 1. The van der Waals surface area contributed by atoms with Crippen LogP contribution in [0.1, 0.15) is 22.8 Å². The number of hydrogen-bond donors (Lipinski definition) is 2. The van der Waals surface area contributed by atoms with Crippen LogP contribution >= 0.6 is 0 Å². The van der Waals surface area contributed by atoms with Gasteiger partial charge in [0.25, 0.3) is 0 Å². The van der Waals surface area contributed by atoms with Gasteiger partial charge in [-0.25, -0.2) is 4.79 Å². The number of carboxylic acids is 1. The zero-order valence-corrected chi connectivity index (χ0v) is 12.6. The van der Waals surface area contributed by atoms with Gasteiger partial charge in [0, 0.05) is 6.07 Å². The van der Waals surface area contributed by atoms with Crippen molar-refractivity contribution in [1.82, 2.24) is 0 Å². The lowest BCUT2D eigenvalue weighted by atomic mass is 10.1. The molecule has 0 atom stereocenters. The van der Waals surface area contributed by atoms with E-state index in [2.05, 4.69) is 5.16 Å². The average Bonchev–Trinajstić information content (AvgIpc) is 2.55. The van der Waals surface area contributed by atoms with Crippen molar-refractivity contribution < 1.29 is 24.6 Å². The third kappa shape index (κ3) is 4.74. The van der Waals surface area contributed by atoms with Gasteiger partial charge in [-0.2, -0.15) is 0 Å². The smallest absolute Gasteiger partial charge is 0.339 e. The lowest BCUT2D eigenvalue weighted by molar-refractivity contribution is 0.0693. The van der Waals surface area contributed by atoms with Crippen LogP contribution in [-0.2, 0) is 4.84 Å². The molecule has 6 nitrogen and oxygen atoms in total. The molecule has 0 heterocycles. The zero-order valence-electron chi connectivity index (χ0n) is 12.6. The topological polar surface area (TPSA) is 88.4 Å². The fourth-order valence-corrected chi connectivity index (χ4v) is 1.85. The fourth-order valence-electron chi connectivity index (χ4n) is 1.85. The van der Waals surface area contributed by atoms with Gasteiger partial charge in [-0.05, 0) is 24.6 Å². The van der Waals surface area contributed by atoms with E-state index in [-0.39, 0.29) is 24.5 Å². The number of phenols is 1. The van der Waals surface area contributed by atoms with E-state index in [1.807, 2.05) is 37.3 Å². The average molecular weight is 315 g/mol. The summed E-state index contributed by atoms with van der Waals surface area (Å²) in [6.45, 7) is 2.29. The van der Waals surface area contributed by atoms with Gasteiger partial charge in [0.1, 0.15) is 23.7 Å². The summed E-state index contributed by atoms with van der Waals surface area (Å²) in [5, 5.41) is 22.4. The van der Waals surface area contributed by atoms with Gasteiger partial charge in [-0.1, -0.05) is 35.5 Å². The Morgan fingerprint density at radius 1 is 1.13 bits per heavy atom. The number of oxime groups is 1. The number of aromatic carboxylic acids is 1. The maximum atomic E-state index is 10.8. The van der Waals surface area contributed by atoms with E-state index in [1.54, 1.807) is 0 Å². The first-order valence-electron chi connectivity index (χ1n) is 6.99. The van der Waals surface area contributed by atoms with Crippen LogP contribution in [0.15, 0.2) is 53.7 Å². The minimum Gasteiger partial charge on any atom is -0.507 e. The molecule has 2 aromatic carbocycles. The van der Waals surface area contributed by atoms with Crippen molar-refractivity contribution in [2.24, 2.45) is 5.16 Å². The van der Waals surface area contributed by atoms with Crippen molar-refractivity contribution >= 4 is 11.7 Å². The lowest BCUT2D eigenvalue weighted by Gasteiger charge is -2.07. The van der Waals surface area contributed by atoms with Crippen LogP contribution < -0.4 is 4.74 Å². The second-order valence-corrected chi connectivity index (χ2v) is 4.71. The zero-order chi connectivity index (χ0) is 16.7. The van der Waals surface area contributed by atoms with Gasteiger partial charge in [0.15, 0.2) is 6.61 Å². The molecule has 2 N–H and O–H groups in total. The molecule has 0 fully saturated rings. The van der Waals surface area contributed by atoms with Gasteiger partial charge >= 0.3 is 5.97 Å². The molecular weight excluding hydrogens is 298 g/mol. The molecule has 0 aliphatic rings. The van der Waals surface area contributed by atoms with Crippen LogP contribution in [-0.4, -0.2) is 35.1 Å². The highest BCUT2D eigenvalue weighted by molar-refractivity contribution is 5.98. The molecule has 120 valence electrons. The van der Waals surface area contributed by atoms with E-state index in [0.717, 1.165) is 11.3 Å². The second kappa shape index (κ2) is 7.84. The summed E-state index contributed by atoms with van der Waals surface area (Å²) >= 11 is 0. The van der Waals surface area contributed by atoms with Crippen molar-refractivity contribution in [3.8, 4) is 11.5 Å². The lowest BCUT2D eigenvalue weighted by Crippen LogP contribution is -2.06. The molecule has 0 amide bonds. The van der Waals surface area contributed by atoms with E-state index in [0.29, 0.717) is 5.75 Å². The van der Waals surface area contributed by atoms with E-state index >= 15 is 0 Å². The number of aromatic hydroxyl groups is 1. The molecule has 0 radical (unpaired) electrons. The summed E-state index contributed by atoms with van der Waals surface area (Å²) in [7, 11) is 0. The van der Waals surface area contributed by atoms with E-state index in [1.165, 1.54) is 18.2 Å². The number of benzene rings is 2. The van der Waals surface area contributed by atoms with Crippen LogP contribution in [0.25, 0.3) is 0 Å². The molecule has 23 heavy (non-hydrogen) atoms. The number of ether oxygens (including phenoxy) is 1. The first-order valence-corrected chi connectivity index (χ1v) is 6.99. The van der Waals surface area contributed by atoms with E-state index < -0.39 is 5.97 Å². The molecule has 0 saturated carbocycles. The first kappa shape index (κ1) is 16.4. The van der Waals surface area contributed by atoms with Gasteiger partial charge < -0.3 is 19.8 Å². The molecule has 0 aromatic heterocycles. The Kier molecular flexibility index (Phi) is 5.57. The van der Waals surface area contributed by atoms with Crippen LogP contribution in [0.3, 0.4) is 0 Å². The van der Waals surface area contributed by atoms with Crippen LogP contribution in [0.2, 0.25) is 0 Å². The Balaban J connectivity index is 1.80. The summed E-state index contributed by atoms with van der Waals surface area (Å²) in [6, 6.07) is 13.7. The molecule has 2 aromatic rings. The van der Waals surface area contributed by atoms with Crippen molar-refractivity contribution in [3.63, 3.8) is 0 Å². The van der Waals surface area contributed by atoms with Gasteiger partial charge in [-0.15, -0.1) is 0 Å². The monoisotopic (exact) mass is 315 g/mol. The highest BCUT2D eigenvalue weighted by atomic mass is 16.6. The maximum absolute atomic E-state index is 10.8. The van der Waals surface area contributed by atoms with Crippen molar-refractivity contribution in [2.75, 3.05) is 13.2 Å². The third-order valence-corrected chi connectivity index (χ3v) is 3.04. The van der Waals surface area contributed by atoms with Crippen molar-refractivity contribution in [3.05, 3.63) is 59.7 Å². The minimum atomic E-state index is -1.19. The number of rotatable bonds is 7. The molecular formula is C17H17NO5. The predicted molar refractivity (Wildman–Crippen MR) is 85.2 cm³/mol. The molecule has 0 saturated heterocycles. The molecule has 0 bridgehead atoms. The summed E-state index contributed by atoms with van der Waals surface area (Å²) in [6.07, 6.45) is 0. The molecule has 0 aliphatic carbocycles. The normalized spacial score (nSPS) is 11.1. The molecule has 0 unspecified atom stereocenters. The summed E-state index contributed by atoms with van der Waals surface area (Å²) in [5.74, 6) is -1.17. The predicted octanol–water partition coefficient (Wildman–Crippen LogP) is 2.91. The largest absolute Gasteiger partial charge is 0.507 e. The summed E-state index contributed by atoms with van der Waals surface area (Å²) in [4.78, 5) is 15.9. The minimum absolute atomic E-state index is 0.170. The summed E-state index contributed by atoms with van der Waals surface area (Å²) < 4.78 is 5.36. The molecule has 2 rings (SSSR count). The molecule has 0 spiro atoms. The van der Waals surface area contributed by atoms with Crippen LogP contribution in [0, 0.1) is 0 Å². The number of carboxylic acid groups (broad SMARTS) is 1. The molecule has 6 heteroatoms. The van der Waals surface area contributed by atoms with E-state index in [4.69, 9.17) is 14.7 Å². The first-order chi connectivity index (χ1) is 11.1. The van der Waals surface area contributed by atoms with Crippen LogP contribution in [0.5, 0.6) is 11.5 Å². The van der Waals surface area contributed by atoms with Crippen molar-refractivity contribution in [2.45, 2.75) is 6.92 Å². The van der Waals surface area contributed by atoms with E-state index in [9.17, 15) is 9.90 Å². The third-order valence-electron chi connectivity index (χ3n) is 3.04. The Hall–Kier alpha value is -3.02. The highest BCUT2D eigenvalue weighted by Crippen LogP contribution is 2.23. The highest BCUT2D eigenvalue weighted by Gasteiger charge is 2.09. The quantitative estimate of drug-likeness (QED) is 0.466. The maximum Gasteiger partial charge on any atom is 0.339 e. The Morgan fingerprint density at radius 2 is 1.87 bits per heavy atom. The standard InChI is InChI=1S/C17H17NO5/c1-12(13-5-3-2-4-6-13)18-23-10-9-22-14-7-8-15(17(20)21)16(19)11-14/h2-8,11,19H,9-10H2,1H3,(H,20,21). The van der Waals surface area contributed by atoms with Gasteiger partial charge in [0.2, 0.25) is 0 Å². The fraction of sp³-hybridized carbons (Fsp3) is 0.176. The van der Waals surface area contributed by atoms with Gasteiger partial charge in [0.05, 0.1) is 5.71 Å².